The molecule has 3 N–H and O–H groups in total. The van der Waals surface area contributed by atoms with Crippen molar-refractivity contribution in [3.05, 3.63) is 66.1 Å². The van der Waals surface area contributed by atoms with Crippen molar-refractivity contribution in [1.82, 2.24) is 4.57 Å². The van der Waals surface area contributed by atoms with Crippen LogP contribution in [0.2, 0.25) is 0 Å². The molecule has 2 unspecified atom stereocenters. The number of aromatic nitrogens is 1. The molecule has 0 saturated carbocycles. The van der Waals surface area contributed by atoms with Crippen LogP contribution in [0.5, 0.6) is 0 Å². The van der Waals surface area contributed by atoms with Crippen molar-refractivity contribution in [2.45, 2.75) is 72.1 Å². The summed E-state index contributed by atoms with van der Waals surface area (Å²) in [5.74, 6) is -0.706. The zero-order chi connectivity index (χ0) is 25.0. The summed E-state index contributed by atoms with van der Waals surface area (Å²) in [6, 6.07) is 0. The summed E-state index contributed by atoms with van der Waals surface area (Å²) in [5.41, 5.74) is 2.62. The maximum atomic E-state index is 12.0. The predicted molar refractivity (Wildman–Crippen MR) is 132 cm³/mol. The molecule has 0 amide bonds. The monoisotopic (exact) mass is 457 g/mol. The molecule has 6 heteroatoms. The third-order valence-electron chi connectivity index (χ3n) is 5.94. The molecule has 0 fully saturated rings. The molecule has 1 aromatic rings. The van der Waals surface area contributed by atoms with E-state index in [1.165, 1.54) is 41.8 Å². The number of nitrogens with zero attached hydrogens (tertiary/aromatic N) is 1. The highest BCUT2D eigenvalue weighted by Gasteiger charge is 2.20. The van der Waals surface area contributed by atoms with Crippen molar-refractivity contribution < 1.29 is 24.9 Å². The zero-order valence-electron chi connectivity index (χ0n) is 20.2. The molecule has 6 nitrogen and oxygen atoms in total. The Labute approximate surface area is 197 Å². The Balaban J connectivity index is 2.98. The maximum Gasteiger partial charge on any atom is 0.323 e. The summed E-state index contributed by atoms with van der Waals surface area (Å²) in [4.78, 5) is 23.0. The minimum atomic E-state index is -1.83. The number of carbonyl (C=O) groups excluding carboxylic acids is 1. The van der Waals surface area contributed by atoms with Gasteiger partial charge in [0.05, 0.1) is 0 Å². The Hall–Kier alpha value is -2.70. The number of aliphatic carboxylic acids is 1. The van der Waals surface area contributed by atoms with Crippen molar-refractivity contribution >= 4 is 17.8 Å². The number of carboxylic acids is 1. The van der Waals surface area contributed by atoms with Crippen LogP contribution >= 0.6 is 0 Å². The first-order chi connectivity index (χ1) is 15.6. The van der Waals surface area contributed by atoms with Gasteiger partial charge in [0, 0.05) is 35.0 Å². The van der Waals surface area contributed by atoms with E-state index in [9.17, 15) is 19.8 Å². The highest BCUT2D eigenvalue weighted by Crippen LogP contribution is 2.30. The van der Waals surface area contributed by atoms with E-state index in [0.29, 0.717) is 28.9 Å². The molecular weight excluding hydrogens is 418 g/mol. The molecule has 2 atom stereocenters. The molecular formula is C27H39NO5. The number of allylic oxidation sites excluding steroid dienone is 6. The Morgan fingerprint density at radius 3 is 2.30 bits per heavy atom. The van der Waals surface area contributed by atoms with Crippen molar-refractivity contribution in [1.29, 1.82) is 0 Å². The average Bonchev–Trinajstić information content (AvgIpc) is 3.17. The summed E-state index contributed by atoms with van der Waals surface area (Å²) < 4.78 is 1.32. The Bertz CT molecular complexity index is 875. The second-order valence-corrected chi connectivity index (χ2v) is 8.72. The number of carboxylic acid groups (broad SMARTS) is 1. The highest BCUT2D eigenvalue weighted by atomic mass is 16.5. The molecule has 0 saturated heterocycles. The fourth-order valence-electron chi connectivity index (χ4n) is 3.85. The van der Waals surface area contributed by atoms with E-state index in [1.807, 2.05) is 13.0 Å². The molecule has 0 aliphatic heterocycles. The Kier molecular flexibility index (Phi) is 12.4. The van der Waals surface area contributed by atoms with Gasteiger partial charge in [-0.25, -0.2) is 0 Å². The molecule has 1 aromatic heterocycles. The van der Waals surface area contributed by atoms with Crippen LogP contribution in [0, 0.1) is 11.8 Å². The highest BCUT2D eigenvalue weighted by molar-refractivity contribution is 6.09. The standard InChI is InChI=1S/C27H39NO5/c1-6-19(3)12-10-8-9-11-13-20(4)14-22(7-2)21(5)25(18-29)23-15-28(17-26(30)31)16-24(23)27(32)33/h6-7,14-16,18-19,22,27,32-33H,1-2,8-13,17H2,3-5H3,(H,30,31)/b20-14+,25-21-. The maximum absolute atomic E-state index is 12.0. The van der Waals surface area contributed by atoms with Crippen LogP contribution in [0.4, 0.5) is 0 Å². The minimum Gasteiger partial charge on any atom is -0.480 e. The molecule has 0 aliphatic carbocycles. The van der Waals surface area contributed by atoms with Gasteiger partial charge in [0.1, 0.15) is 6.54 Å². The SMILES string of the molecule is C=CC(C)CCCCCC/C(C)=C/C(C=C)/C(C)=C(/C=O)c1cn(CC(=O)O)cc1C(O)O. The van der Waals surface area contributed by atoms with Gasteiger partial charge in [-0.1, -0.05) is 55.6 Å². The summed E-state index contributed by atoms with van der Waals surface area (Å²) in [5, 5.41) is 28.5. The third kappa shape index (κ3) is 9.36. The van der Waals surface area contributed by atoms with Crippen LogP contribution in [0.1, 0.15) is 76.7 Å². The summed E-state index contributed by atoms with van der Waals surface area (Å²) in [6.07, 6.45) is 14.3. The van der Waals surface area contributed by atoms with Gasteiger partial charge in [0.15, 0.2) is 12.6 Å². The summed E-state index contributed by atoms with van der Waals surface area (Å²) in [6.45, 7) is 13.4. The van der Waals surface area contributed by atoms with Crippen LogP contribution in [0.25, 0.3) is 5.57 Å². The van der Waals surface area contributed by atoms with E-state index in [4.69, 9.17) is 5.11 Å². The average molecular weight is 458 g/mol. The predicted octanol–water partition coefficient (Wildman–Crippen LogP) is 5.44. The van der Waals surface area contributed by atoms with Crippen LogP contribution in [-0.2, 0) is 16.1 Å². The zero-order valence-corrected chi connectivity index (χ0v) is 20.2. The lowest BCUT2D eigenvalue weighted by Gasteiger charge is -2.15. The molecule has 0 aromatic carbocycles. The van der Waals surface area contributed by atoms with Crippen LogP contribution < -0.4 is 0 Å². The van der Waals surface area contributed by atoms with Gasteiger partial charge in [-0.05, 0) is 39.0 Å². The van der Waals surface area contributed by atoms with E-state index in [2.05, 4.69) is 33.1 Å². The fourth-order valence-corrected chi connectivity index (χ4v) is 3.85. The first kappa shape index (κ1) is 28.3. The van der Waals surface area contributed by atoms with Crippen LogP contribution in [-0.4, -0.2) is 32.1 Å². The molecule has 0 radical (unpaired) electrons. The third-order valence-corrected chi connectivity index (χ3v) is 5.94. The molecule has 33 heavy (non-hydrogen) atoms. The van der Waals surface area contributed by atoms with Crippen LogP contribution in [0.15, 0.2) is 54.9 Å². The number of unbranched alkanes of at least 4 members (excludes halogenated alkanes) is 3. The van der Waals surface area contributed by atoms with E-state index < -0.39 is 12.3 Å². The van der Waals surface area contributed by atoms with E-state index in [1.54, 1.807) is 6.08 Å². The van der Waals surface area contributed by atoms with Gasteiger partial charge in [0.25, 0.3) is 0 Å². The number of aliphatic hydroxyl groups is 2. The van der Waals surface area contributed by atoms with E-state index in [-0.39, 0.29) is 18.0 Å². The minimum absolute atomic E-state index is 0.0898. The number of carbonyl (C=O) groups is 2. The van der Waals surface area contributed by atoms with Crippen molar-refractivity contribution in [3.63, 3.8) is 0 Å². The molecule has 0 bridgehead atoms. The number of aliphatic hydroxyl groups excluding tert-OH is 1. The Morgan fingerprint density at radius 2 is 1.76 bits per heavy atom. The molecule has 0 spiro atoms. The first-order valence-electron chi connectivity index (χ1n) is 11.5. The number of rotatable bonds is 16. The van der Waals surface area contributed by atoms with E-state index >= 15 is 0 Å². The molecule has 1 rings (SSSR count). The van der Waals surface area contributed by atoms with Crippen molar-refractivity contribution in [2.24, 2.45) is 11.8 Å². The quantitative estimate of drug-likeness (QED) is 0.101. The van der Waals surface area contributed by atoms with Crippen molar-refractivity contribution in [3.8, 4) is 0 Å². The van der Waals surface area contributed by atoms with Gasteiger partial charge < -0.3 is 19.9 Å². The lowest BCUT2D eigenvalue weighted by atomic mass is 9.89. The smallest absolute Gasteiger partial charge is 0.323 e. The fraction of sp³-hybridized carbons (Fsp3) is 0.481. The van der Waals surface area contributed by atoms with Gasteiger partial charge in [0.2, 0.25) is 0 Å². The van der Waals surface area contributed by atoms with E-state index in [0.717, 1.165) is 19.3 Å². The number of hydrogen-bond donors (Lipinski definition) is 3. The molecule has 1 heterocycles. The van der Waals surface area contributed by atoms with Crippen molar-refractivity contribution in [2.75, 3.05) is 0 Å². The summed E-state index contributed by atoms with van der Waals surface area (Å²) >= 11 is 0. The number of hydrogen-bond acceptors (Lipinski definition) is 4. The number of aldehydes is 1. The second-order valence-electron chi connectivity index (χ2n) is 8.72. The molecule has 0 aliphatic rings. The first-order valence-corrected chi connectivity index (χ1v) is 11.5. The second kappa shape index (κ2) is 14.4. The normalized spacial score (nSPS) is 14.5. The van der Waals surface area contributed by atoms with Gasteiger partial charge in [-0.15, -0.1) is 13.2 Å². The van der Waals surface area contributed by atoms with Gasteiger partial charge in [-0.2, -0.15) is 0 Å². The Morgan fingerprint density at radius 1 is 1.09 bits per heavy atom. The lowest BCUT2D eigenvalue weighted by Crippen LogP contribution is -2.06. The van der Waals surface area contributed by atoms with Gasteiger partial charge >= 0.3 is 5.97 Å². The largest absolute Gasteiger partial charge is 0.480 e. The lowest BCUT2D eigenvalue weighted by molar-refractivity contribution is -0.137. The summed E-state index contributed by atoms with van der Waals surface area (Å²) in [7, 11) is 0. The van der Waals surface area contributed by atoms with Crippen LogP contribution in [0.3, 0.4) is 0 Å². The van der Waals surface area contributed by atoms with Gasteiger partial charge in [-0.3, -0.25) is 9.59 Å². The molecule has 182 valence electrons. The topological polar surface area (TPSA) is 99.8 Å².